The molecule has 3 nitrogen and oxygen atoms in total. The van der Waals surface area contributed by atoms with Gasteiger partial charge in [-0.2, -0.15) is 0 Å². The molecular weight excluding hydrogens is 371 g/mol. The fourth-order valence-corrected chi connectivity index (χ4v) is 4.10. The predicted molar refractivity (Wildman–Crippen MR) is 100 cm³/mol. The number of aromatic nitrogens is 1. The van der Waals surface area contributed by atoms with E-state index in [9.17, 15) is 4.79 Å². The molecule has 1 heterocycles. The van der Waals surface area contributed by atoms with Gasteiger partial charge in [0.05, 0.1) is 9.72 Å². The van der Waals surface area contributed by atoms with Crippen molar-refractivity contribution in [2.45, 2.75) is 11.3 Å². The van der Waals surface area contributed by atoms with Crippen LogP contribution in [0.2, 0.25) is 10.0 Å². The number of thioether (sulfide) groups is 1. The van der Waals surface area contributed by atoms with E-state index in [4.69, 9.17) is 23.2 Å². The molecule has 0 unspecified atom stereocenters. The molecule has 2 aromatic carbocycles. The maximum atomic E-state index is 12.0. The van der Waals surface area contributed by atoms with E-state index in [1.807, 2.05) is 36.4 Å². The van der Waals surface area contributed by atoms with Crippen molar-refractivity contribution in [3.63, 3.8) is 0 Å². The molecule has 0 saturated carbocycles. The van der Waals surface area contributed by atoms with Crippen molar-refractivity contribution in [2.75, 3.05) is 11.1 Å². The molecular formula is C16H12Cl2N2OS2. The molecule has 0 aliphatic carbocycles. The molecule has 1 aromatic heterocycles. The molecule has 23 heavy (non-hydrogen) atoms. The summed E-state index contributed by atoms with van der Waals surface area (Å²) in [5, 5.41) is 4.71. The summed E-state index contributed by atoms with van der Waals surface area (Å²) in [5.74, 6) is 0.640. The minimum absolute atomic E-state index is 0.0540. The normalized spacial score (nSPS) is 10.9. The predicted octanol–water partition coefficient (Wildman–Crippen LogP) is 5.72. The number of benzene rings is 2. The van der Waals surface area contributed by atoms with Crippen molar-refractivity contribution in [2.24, 2.45) is 0 Å². The molecule has 0 saturated heterocycles. The second kappa shape index (κ2) is 7.53. The van der Waals surface area contributed by atoms with E-state index >= 15 is 0 Å². The number of amides is 1. The minimum atomic E-state index is -0.0540. The number of halogens is 2. The molecule has 0 atom stereocenters. The largest absolute Gasteiger partial charge is 0.302 e. The van der Waals surface area contributed by atoms with Crippen LogP contribution in [0, 0.1) is 0 Å². The van der Waals surface area contributed by atoms with Gasteiger partial charge in [-0.15, -0.1) is 11.8 Å². The highest BCUT2D eigenvalue weighted by atomic mass is 35.5. The number of thiazole rings is 1. The molecule has 0 fully saturated rings. The Morgan fingerprint density at radius 2 is 1.96 bits per heavy atom. The highest BCUT2D eigenvalue weighted by Gasteiger charge is 2.09. The second-order valence-electron chi connectivity index (χ2n) is 4.71. The summed E-state index contributed by atoms with van der Waals surface area (Å²) >= 11 is 15.0. The lowest BCUT2D eigenvalue weighted by atomic mass is 10.3. The molecule has 1 N–H and O–H groups in total. The summed E-state index contributed by atoms with van der Waals surface area (Å²) in [6, 6.07) is 13.2. The molecule has 3 rings (SSSR count). The van der Waals surface area contributed by atoms with Crippen molar-refractivity contribution < 1.29 is 4.79 Å². The zero-order valence-electron chi connectivity index (χ0n) is 11.9. The van der Waals surface area contributed by atoms with Crippen LogP contribution in [0.1, 0.15) is 6.42 Å². The van der Waals surface area contributed by atoms with E-state index in [1.54, 1.807) is 17.8 Å². The van der Waals surface area contributed by atoms with Crippen LogP contribution in [0.5, 0.6) is 0 Å². The molecule has 0 radical (unpaired) electrons. The molecule has 0 spiro atoms. The van der Waals surface area contributed by atoms with Gasteiger partial charge in [-0.05, 0) is 36.4 Å². The monoisotopic (exact) mass is 382 g/mol. The number of carbonyl (C=O) groups excluding carboxylic acids is 1. The van der Waals surface area contributed by atoms with Gasteiger partial charge in [0, 0.05) is 22.1 Å². The third-order valence-electron chi connectivity index (χ3n) is 3.03. The van der Waals surface area contributed by atoms with Crippen LogP contribution < -0.4 is 5.32 Å². The summed E-state index contributed by atoms with van der Waals surface area (Å²) in [6.07, 6.45) is 0.414. The number of anilines is 1. The van der Waals surface area contributed by atoms with Crippen molar-refractivity contribution in [1.82, 2.24) is 4.98 Å². The van der Waals surface area contributed by atoms with Crippen LogP contribution in [-0.2, 0) is 4.79 Å². The van der Waals surface area contributed by atoms with Gasteiger partial charge in [-0.3, -0.25) is 4.79 Å². The number of nitrogens with one attached hydrogen (secondary N) is 1. The van der Waals surface area contributed by atoms with Gasteiger partial charge in [0.15, 0.2) is 5.13 Å². The topological polar surface area (TPSA) is 42.0 Å². The zero-order valence-corrected chi connectivity index (χ0v) is 15.0. The Labute approximate surface area is 152 Å². The van der Waals surface area contributed by atoms with Gasteiger partial charge in [0.25, 0.3) is 0 Å². The first-order chi connectivity index (χ1) is 11.1. The standard InChI is InChI=1S/C16H12Cl2N2OS2/c17-10-4-6-11(7-5-10)22-9-8-14(21)19-16-20-15-12(18)2-1-3-13(15)23-16/h1-7H,8-9H2,(H,19,20,21). The van der Waals surface area contributed by atoms with Crippen molar-refractivity contribution in [3.05, 3.63) is 52.5 Å². The van der Waals surface area contributed by atoms with E-state index in [0.29, 0.717) is 27.4 Å². The Hall–Kier alpha value is -1.27. The summed E-state index contributed by atoms with van der Waals surface area (Å²) in [7, 11) is 0. The number of hydrogen-bond donors (Lipinski definition) is 1. The second-order valence-corrected chi connectivity index (χ2v) is 7.75. The summed E-state index contributed by atoms with van der Waals surface area (Å²) in [4.78, 5) is 17.5. The average molecular weight is 383 g/mol. The van der Waals surface area contributed by atoms with Crippen molar-refractivity contribution in [3.8, 4) is 0 Å². The Kier molecular flexibility index (Phi) is 5.43. The number of nitrogens with zero attached hydrogens (tertiary/aromatic N) is 1. The lowest BCUT2D eigenvalue weighted by Crippen LogP contribution is -2.11. The summed E-state index contributed by atoms with van der Waals surface area (Å²) < 4.78 is 0.961. The Morgan fingerprint density at radius 1 is 1.17 bits per heavy atom. The first-order valence-corrected chi connectivity index (χ1v) is 9.41. The van der Waals surface area contributed by atoms with Gasteiger partial charge in [-0.25, -0.2) is 4.98 Å². The van der Waals surface area contributed by atoms with Crippen LogP contribution >= 0.6 is 46.3 Å². The SMILES string of the molecule is O=C(CCSc1ccc(Cl)cc1)Nc1nc2c(Cl)cccc2s1. The quantitative estimate of drug-likeness (QED) is 0.573. The molecule has 0 bridgehead atoms. The molecule has 0 aliphatic rings. The molecule has 1 amide bonds. The number of para-hydroxylation sites is 1. The van der Waals surface area contributed by atoms with Crippen molar-refractivity contribution >= 4 is 67.6 Å². The van der Waals surface area contributed by atoms with E-state index in [0.717, 1.165) is 15.1 Å². The van der Waals surface area contributed by atoms with Crippen LogP contribution in [-0.4, -0.2) is 16.6 Å². The van der Waals surface area contributed by atoms with Crippen LogP contribution in [0.4, 0.5) is 5.13 Å². The first kappa shape index (κ1) is 16.6. The summed E-state index contributed by atoms with van der Waals surface area (Å²) in [6.45, 7) is 0. The van der Waals surface area contributed by atoms with Gasteiger partial charge < -0.3 is 5.32 Å². The average Bonchev–Trinajstić information content (AvgIpc) is 2.93. The maximum absolute atomic E-state index is 12.0. The highest BCUT2D eigenvalue weighted by molar-refractivity contribution is 7.99. The zero-order chi connectivity index (χ0) is 16.2. The smallest absolute Gasteiger partial charge is 0.226 e. The lowest BCUT2D eigenvalue weighted by Gasteiger charge is -2.02. The number of hydrogen-bond acceptors (Lipinski definition) is 4. The van der Waals surface area contributed by atoms with E-state index in [2.05, 4.69) is 10.3 Å². The Morgan fingerprint density at radius 3 is 2.70 bits per heavy atom. The fraction of sp³-hybridized carbons (Fsp3) is 0.125. The minimum Gasteiger partial charge on any atom is -0.302 e. The number of fused-ring (bicyclic) bond motifs is 1. The third-order valence-corrected chi connectivity index (χ3v) is 5.53. The Balaban J connectivity index is 1.54. The van der Waals surface area contributed by atoms with Gasteiger partial charge in [0.1, 0.15) is 5.52 Å². The number of rotatable bonds is 5. The number of carbonyl (C=O) groups is 1. The Bertz CT molecular complexity index is 834. The van der Waals surface area contributed by atoms with Crippen LogP contribution in [0.25, 0.3) is 10.2 Å². The molecule has 118 valence electrons. The van der Waals surface area contributed by atoms with Crippen LogP contribution in [0.15, 0.2) is 47.4 Å². The maximum Gasteiger partial charge on any atom is 0.226 e. The van der Waals surface area contributed by atoms with E-state index in [1.165, 1.54) is 11.3 Å². The van der Waals surface area contributed by atoms with Crippen molar-refractivity contribution in [1.29, 1.82) is 0 Å². The van der Waals surface area contributed by atoms with Gasteiger partial charge in [0.2, 0.25) is 5.91 Å². The summed E-state index contributed by atoms with van der Waals surface area (Å²) in [5.41, 5.74) is 0.727. The fourth-order valence-electron chi connectivity index (χ4n) is 1.94. The highest BCUT2D eigenvalue weighted by Crippen LogP contribution is 2.30. The first-order valence-electron chi connectivity index (χ1n) is 6.85. The molecule has 0 aliphatic heterocycles. The molecule has 3 aromatic rings. The van der Waals surface area contributed by atoms with Gasteiger partial charge in [-0.1, -0.05) is 40.6 Å². The van der Waals surface area contributed by atoms with Crippen LogP contribution in [0.3, 0.4) is 0 Å². The lowest BCUT2D eigenvalue weighted by molar-refractivity contribution is -0.115. The van der Waals surface area contributed by atoms with E-state index < -0.39 is 0 Å². The van der Waals surface area contributed by atoms with E-state index in [-0.39, 0.29) is 5.91 Å². The van der Waals surface area contributed by atoms with Gasteiger partial charge >= 0.3 is 0 Å². The third kappa shape index (κ3) is 4.38. The molecule has 7 heteroatoms.